The van der Waals surface area contributed by atoms with Crippen LogP contribution in [0, 0.1) is 5.41 Å². The number of rotatable bonds is 6. The Balaban J connectivity index is 1.91. The Hall–Kier alpha value is -1.55. The molecule has 0 saturated heterocycles. The Morgan fingerprint density at radius 1 is 1.26 bits per heavy atom. The molecule has 4 nitrogen and oxygen atoms in total. The molecule has 1 saturated carbocycles. The highest BCUT2D eigenvalue weighted by molar-refractivity contribution is 6.30. The van der Waals surface area contributed by atoms with E-state index in [1.807, 2.05) is 0 Å². The van der Waals surface area contributed by atoms with Gasteiger partial charge in [0, 0.05) is 5.02 Å². The van der Waals surface area contributed by atoms with Gasteiger partial charge < -0.3 is 9.47 Å². The minimum absolute atomic E-state index is 0.125. The fourth-order valence-electron chi connectivity index (χ4n) is 1.81. The molecule has 0 N–H and O–H groups in total. The molecule has 1 aliphatic carbocycles. The van der Waals surface area contributed by atoms with Crippen molar-refractivity contribution in [2.24, 2.45) is 5.41 Å². The molecule has 19 heavy (non-hydrogen) atoms. The van der Waals surface area contributed by atoms with E-state index in [1.165, 1.54) is 0 Å². The largest absolute Gasteiger partial charge is 0.486 e. The Morgan fingerprint density at radius 3 is 2.42 bits per heavy atom. The van der Waals surface area contributed by atoms with Gasteiger partial charge in [-0.3, -0.25) is 9.59 Å². The monoisotopic (exact) mass is 282 g/mol. The predicted octanol–water partition coefficient (Wildman–Crippen LogP) is 2.63. The third-order valence-electron chi connectivity index (χ3n) is 3.13. The van der Waals surface area contributed by atoms with Crippen molar-refractivity contribution in [1.29, 1.82) is 0 Å². The summed E-state index contributed by atoms with van der Waals surface area (Å²) in [5.74, 6) is -0.0991. The summed E-state index contributed by atoms with van der Waals surface area (Å²) in [6, 6.07) is 6.72. The fourth-order valence-corrected chi connectivity index (χ4v) is 1.93. The number of ether oxygens (including phenoxy) is 2. The first kappa shape index (κ1) is 13.9. The van der Waals surface area contributed by atoms with Crippen LogP contribution < -0.4 is 4.74 Å². The molecule has 0 spiro atoms. The summed E-state index contributed by atoms with van der Waals surface area (Å²) in [6.07, 6.45) is 1.10. The van der Waals surface area contributed by atoms with Crippen LogP contribution in [-0.2, 0) is 14.3 Å². The number of Topliss-reactive ketones (excluding diaryl/α,β-unsaturated/α-hetero) is 1. The molecule has 1 aliphatic rings. The summed E-state index contributed by atoms with van der Waals surface area (Å²) < 4.78 is 10.3. The molecule has 0 amide bonds. The van der Waals surface area contributed by atoms with Gasteiger partial charge in [-0.25, -0.2) is 0 Å². The molecule has 1 aromatic carbocycles. The van der Waals surface area contributed by atoms with Gasteiger partial charge in [-0.2, -0.15) is 0 Å². The van der Waals surface area contributed by atoms with E-state index >= 15 is 0 Å². The van der Waals surface area contributed by atoms with Gasteiger partial charge in [0.1, 0.15) is 17.8 Å². The van der Waals surface area contributed by atoms with E-state index in [1.54, 1.807) is 31.2 Å². The first-order chi connectivity index (χ1) is 9.08. The number of ketones is 1. The third kappa shape index (κ3) is 3.07. The number of esters is 1. The lowest BCUT2D eigenvalue weighted by Gasteiger charge is -2.13. The Morgan fingerprint density at radius 2 is 1.89 bits per heavy atom. The number of hydrogen-bond donors (Lipinski definition) is 0. The highest BCUT2D eigenvalue weighted by Gasteiger charge is 2.57. The molecular weight excluding hydrogens is 268 g/mol. The minimum atomic E-state index is -0.956. The van der Waals surface area contributed by atoms with Crippen molar-refractivity contribution in [3.05, 3.63) is 29.3 Å². The molecule has 0 bridgehead atoms. The third-order valence-corrected chi connectivity index (χ3v) is 3.39. The zero-order chi connectivity index (χ0) is 13.9. The van der Waals surface area contributed by atoms with Gasteiger partial charge in [0.25, 0.3) is 0 Å². The number of carbonyl (C=O) groups excluding carboxylic acids is 2. The molecule has 0 atom stereocenters. The van der Waals surface area contributed by atoms with E-state index in [9.17, 15) is 9.59 Å². The second-order valence-electron chi connectivity index (χ2n) is 4.47. The van der Waals surface area contributed by atoms with Gasteiger partial charge in [0.05, 0.1) is 6.61 Å². The quantitative estimate of drug-likeness (QED) is 0.594. The molecule has 0 radical (unpaired) electrons. The Kier molecular flexibility index (Phi) is 4.10. The molecular formula is C14H15ClO4. The van der Waals surface area contributed by atoms with Crippen molar-refractivity contribution in [2.75, 3.05) is 13.2 Å². The highest BCUT2D eigenvalue weighted by Crippen LogP contribution is 2.47. The van der Waals surface area contributed by atoms with Gasteiger partial charge in [-0.05, 0) is 44.0 Å². The normalized spacial score (nSPS) is 15.7. The zero-order valence-electron chi connectivity index (χ0n) is 10.6. The Labute approximate surface area is 116 Å². The van der Waals surface area contributed by atoms with Crippen LogP contribution in [0.2, 0.25) is 5.02 Å². The van der Waals surface area contributed by atoms with Gasteiger partial charge in [-0.15, -0.1) is 0 Å². The number of benzene rings is 1. The summed E-state index contributed by atoms with van der Waals surface area (Å²) in [6.45, 7) is 1.88. The molecule has 102 valence electrons. The number of carbonyl (C=O) groups is 2. The molecule has 0 heterocycles. The maximum atomic E-state index is 12.0. The average Bonchev–Trinajstić information content (AvgIpc) is 3.19. The molecule has 0 unspecified atom stereocenters. The Bertz CT molecular complexity index is 477. The first-order valence-corrected chi connectivity index (χ1v) is 6.55. The van der Waals surface area contributed by atoms with E-state index in [0.29, 0.717) is 23.6 Å². The van der Waals surface area contributed by atoms with Crippen molar-refractivity contribution < 1.29 is 19.1 Å². The van der Waals surface area contributed by atoms with Crippen LogP contribution in [0.3, 0.4) is 0 Å². The van der Waals surface area contributed by atoms with Crippen LogP contribution in [-0.4, -0.2) is 25.0 Å². The summed E-state index contributed by atoms with van der Waals surface area (Å²) >= 11 is 5.75. The van der Waals surface area contributed by atoms with Gasteiger partial charge in [0.15, 0.2) is 5.78 Å². The van der Waals surface area contributed by atoms with Gasteiger partial charge >= 0.3 is 5.97 Å². The average molecular weight is 283 g/mol. The molecule has 0 aromatic heterocycles. The predicted molar refractivity (Wildman–Crippen MR) is 70.3 cm³/mol. The lowest BCUT2D eigenvalue weighted by molar-refractivity contribution is -0.154. The fraction of sp³-hybridized carbons (Fsp3) is 0.429. The van der Waals surface area contributed by atoms with E-state index in [4.69, 9.17) is 21.1 Å². The topological polar surface area (TPSA) is 52.6 Å². The molecule has 0 aliphatic heterocycles. The van der Waals surface area contributed by atoms with Gasteiger partial charge in [0.2, 0.25) is 0 Å². The van der Waals surface area contributed by atoms with Crippen molar-refractivity contribution in [1.82, 2.24) is 0 Å². The van der Waals surface area contributed by atoms with E-state index < -0.39 is 11.4 Å². The maximum absolute atomic E-state index is 12.0. The van der Waals surface area contributed by atoms with Crippen molar-refractivity contribution >= 4 is 23.4 Å². The van der Waals surface area contributed by atoms with Crippen LogP contribution >= 0.6 is 11.6 Å². The maximum Gasteiger partial charge on any atom is 0.319 e. The van der Waals surface area contributed by atoms with Crippen molar-refractivity contribution in [3.8, 4) is 5.75 Å². The van der Waals surface area contributed by atoms with E-state index in [-0.39, 0.29) is 19.0 Å². The first-order valence-electron chi connectivity index (χ1n) is 6.17. The second-order valence-corrected chi connectivity index (χ2v) is 4.90. The summed E-state index contributed by atoms with van der Waals surface area (Å²) in [7, 11) is 0. The SMILES string of the molecule is CCOC(=O)C1(C(=O)COc2ccc(Cl)cc2)CC1. The summed E-state index contributed by atoms with van der Waals surface area (Å²) in [5.41, 5.74) is -0.956. The van der Waals surface area contributed by atoms with Crippen LogP contribution in [0.25, 0.3) is 0 Å². The molecule has 5 heteroatoms. The van der Waals surface area contributed by atoms with E-state index in [0.717, 1.165) is 0 Å². The molecule has 2 rings (SSSR count). The smallest absolute Gasteiger partial charge is 0.319 e. The van der Waals surface area contributed by atoms with Crippen LogP contribution in [0.5, 0.6) is 5.75 Å². The van der Waals surface area contributed by atoms with Crippen LogP contribution in [0.15, 0.2) is 24.3 Å². The standard InChI is InChI=1S/C14H15ClO4/c1-2-18-13(17)14(7-8-14)12(16)9-19-11-5-3-10(15)4-6-11/h3-6H,2,7-9H2,1H3. The van der Waals surface area contributed by atoms with Crippen molar-refractivity contribution in [3.63, 3.8) is 0 Å². The minimum Gasteiger partial charge on any atom is -0.486 e. The van der Waals surface area contributed by atoms with Gasteiger partial charge in [-0.1, -0.05) is 11.6 Å². The van der Waals surface area contributed by atoms with Crippen LogP contribution in [0.1, 0.15) is 19.8 Å². The second kappa shape index (κ2) is 5.61. The molecule has 1 aromatic rings. The number of hydrogen-bond acceptors (Lipinski definition) is 4. The lowest BCUT2D eigenvalue weighted by atomic mass is 10.0. The van der Waals surface area contributed by atoms with E-state index in [2.05, 4.69) is 0 Å². The summed E-state index contributed by atoms with van der Waals surface area (Å²) in [4.78, 5) is 23.7. The van der Waals surface area contributed by atoms with Crippen LogP contribution in [0.4, 0.5) is 0 Å². The van der Waals surface area contributed by atoms with Crippen molar-refractivity contribution in [2.45, 2.75) is 19.8 Å². The molecule has 1 fully saturated rings. The number of halogens is 1. The summed E-state index contributed by atoms with van der Waals surface area (Å²) in [5, 5.41) is 0.601. The zero-order valence-corrected chi connectivity index (χ0v) is 11.4. The lowest BCUT2D eigenvalue weighted by Crippen LogP contribution is -2.31. The highest BCUT2D eigenvalue weighted by atomic mass is 35.5.